The summed E-state index contributed by atoms with van der Waals surface area (Å²) in [6, 6.07) is 12.4. The summed E-state index contributed by atoms with van der Waals surface area (Å²) >= 11 is 3.68. The topological polar surface area (TPSA) is 62.7 Å². The van der Waals surface area contributed by atoms with Gasteiger partial charge in [0.05, 0.1) is 16.8 Å². The van der Waals surface area contributed by atoms with Crippen molar-refractivity contribution in [1.82, 2.24) is 9.88 Å². The normalized spacial score (nSPS) is 19.1. The van der Waals surface area contributed by atoms with Gasteiger partial charge in [0.2, 0.25) is 0 Å². The average molecular weight is 485 g/mol. The molecule has 2 aromatic heterocycles. The van der Waals surface area contributed by atoms with E-state index in [2.05, 4.69) is 39.5 Å². The molecular formula is C26H32N2O3S2. The molecule has 1 aliphatic heterocycles. The Morgan fingerprint density at radius 1 is 1.30 bits per heavy atom. The van der Waals surface area contributed by atoms with E-state index < -0.39 is 5.97 Å². The van der Waals surface area contributed by atoms with E-state index in [1.807, 2.05) is 30.1 Å². The Bertz CT molecular complexity index is 1040. The minimum Gasteiger partial charge on any atom is -0.497 e. The molecule has 3 aromatic rings. The van der Waals surface area contributed by atoms with Gasteiger partial charge in [-0.1, -0.05) is 6.07 Å². The predicted octanol–water partition coefficient (Wildman–Crippen LogP) is 5.83. The molecule has 1 saturated heterocycles. The van der Waals surface area contributed by atoms with Crippen LogP contribution in [0.15, 0.2) is 52.2 Å². The van der Waals surface area contributed by atoms with Crippen molar-refractivity contribution in [2.75, 3.05) is 32.5 Å². The minimum absolute atomic E-state index is 0.234. The van der Waals surface area contributed by atoms with Gasteiger partial charge in [0.15, 0.2) is 0 Å². The van der Waals surface area contributed by atoms with Crippen LogP contribution < -0.4 is 4.74 Å². The molecule has 4 rings (SSSR count). The lowest BCUT2D eigenvalue weighted by Gasteiger charge is -2.38. The van der Waals surface area contributed by atoms with E-state index in [0.29, 0.717) is 5.92 Å². The molecule has 176 valence electrons. The van der Waals surface area contributed by atoms with Crippen molar-refractivity contribution in [2.24, 2.45) is 11.8 Å². The molecule has 33 heavy (non-hydrogen) atoms. The highest BCUT2D eigenvalue weighted by molar-refractivity contribution is 8.01. The van der Waals surface area contributed by atoms with Crippen LogP contribution in [0.5, 0.6) is 5.75 Å². The smallest absolute Gasteiger partial charge is 0.303 e. The van der Waals surface area contributed by atoms with Crippen LogP contribution in [-0.4, -0.2) is 53.5 Å². The molecule has 2 atom stereocenters. The summed E-state index contributed by atoms with van der Waals surface area (Å²) in [7, 11) is 1.69. The fraction of sp³-hybridized carbons (Fsp3) is 0.462. The first kappa shape index (κ1) is 24.0. The highest BCUT2D eigenvalue weighted by atomic mass is 32.2. The number of thioether (sulfide) groups is 1. The van der Waals surface area contributed by atoms with Crippen molar-refractivity contribution in [1.29, 1.82) is 0 Å². The number of fused-ring (bicyclic) bond motifs is 1. The number of carbonyl (C=O) groups is 1. The van der Waals surface area contributed by atoms with Gasteiger partial charge in [-0.05, 0) is 85.3 Å². The summed E-state index contributed by atoms with van der Waals surface area (Å²) in [6.07, 6.45) is 6.35. The van der Waals surface area contributed by atoms with Crippen molar-refractivity contribution in [3.8, 4) is 5.75 Å². The van der Waals surface area contributed by atoms with Gasteiger partial charge in [-0.25, -0.2) is 0 Å². The lowest BCUT2D eigenvalue weighted by Crippen LogP contribution is -2.42. The number of aryl methyl sites for hydroxylation is 1. The number of ether oxygens (including phenoxy) is 1. The van der Waals surface area contributed by atoms with Crippen LogP contribution in [0.25, 0.3) is 10.9 Å². The minimum atomic E-state index is -0.674. The van der Waals surface area contributed by atoms with Gasteiger partial charge in [0.25, 0.3) is 0 Å². The maximum Gasteiger partial charge on any atom is 0.303 e. The zero-order chi connectivity index (χ0) is 23.0. The SMILES string of the molecule is COc1ccc2nccc(CCC[C@@H]3CCN(CCSc4cccs4)C[C@@H]3CC(=O)O)c2c1. The second kappa shape index (κ2) is 11.9. The highest BCUT2D eigenvalue weighted by Gasteiger charge is 2.30. The number of hydrogen-bond donors (Lipinski definition) is 1. The van der Waals surface area contributed by atoms with Crippen molar-refractivity contribution in [3.05, 3.63) is 53.5 Å². The molecule has 1 N–H and O–H groups in total. The van der Waals surface area contributed by atoms with E-state index in [1.165, 1.54) is 9.77 Å². The zero-order valence-corrected chi connectivity index (χ0v) is 20.7. The van der Waals surface area contributed by atoms with E-state index in [-0.39, 0.29) is 12.3 Å². The number of nitrogens with zero attached hydrogens (tertiary/aromatic N) is 2. The van der Waals surface area contributed by atoms with Crippen LogP contribution in [0.4, 0.5) is 0 Å². The van der Waals surface area contributed by atoms with Crippen LogP contribution in [0.2, 0.25) is 0 Å². The van der Waals surface area contributed by atoms with Gasteiger partial charge in [0.1, 0.15) is 5.75 Å². The molecule has 0 aliphatic carbocycles. The third-order valence-corrected chi connectivity index (χ3v) is 8.73. The number of hydrogen-bond acceptors (Lipinski definition) is 6. The molecule has 7 heteroatoms. The Kier molecular flexibility index (Phi) is 8.64. The first-order valence-electron chi connectivity index (χ1n) is 11.6. The van der Waals surface area contributed by atoms with Crippen molar-refractivity contribution in [2.45, 2.75) is 36.3 Å². The highest BCUT2D eigenvalue weighted by Crippen LogP contribution is 2.32. The number of likely N-dealkylation sites (tertiary alicyclic amines) is 1. The van der Waals surface area contributed by atoms with Crippen LogP contribution in [0.1, 0.15) is 31.2 Å². The molecule has 3 heterocycles. The van der Waals surface area contributed by atoms with E-state index in [4.69, 9.17) is 4.74 Å². The molecule has 5 nitrogen and oxygen atoms in total. The zero-order valence-electron chi connectivity index (χ0n) is 19.1. The lowest BCUT2D eigenvalue weighted by atomic mass is 9.80. The van der Waals surface area contributed by atoms with E-state index >= 15 is 0 Å². The monoisotopic (exact) mass is 484 g/mol. The van der Waals surface area contributed by atoms with Crippen LogP contribution in [0.3, 0.4) is 0 Å². The fourth-order valence-electron chi connectivity index (χ4n) is 4.90. The number of carboxylic acids is 1. The number of piperidine rings is 1. The molecule has 0 saturated carbocycles. The number of rotatable bonds is 11. The van der Waals surface area contributed by atoms with Gasteiger partial charge in [-0.3, -0.25) is 9.78 Å². The third-order valence-electron chi connectivity index (χ3n) is 6.62. The number of aromatic nitrogens is 1. The lowest BCUT2D eigenvalue weighted by molar-refractivity contribution is -0.139. The fourth-order valence-corrected chi connectivity index (χ4v) is 6.76. The maximum atomic E-state index is 11.6. The Labute approximate surface area is 204 Å². The standard InChI is InChI=1S/C26H32N2O3S2/c1-31-22-7-8-24-23(17-22)20(9-11-27-24)5-2-4-19-10-12-28(18-21(19)16-25(29)30)13-15-33-26-6-3-14-32-26/h3,6-9,11,14,17,19,21H,2,4-5,10,12-13,15-16,18H2,1H3,(H,29,30)/t19-,21+/m1/s1. The van der Waals surface area contributed by atoms with E-state index in [0.717, 1.165) is 67.7 Å². The molecule has 1 aromatic carbocycles. The quantitative estimate of drug-likeness (QED) is 0.345. The van der Waals surface area contributed by atoms with Crippen molar-refractivity contribution < 1.29 is 14.6 Å². The van der Waals surface area contributed by atoms with Gasteiger partial charge in [0, 0.05) is 36.8 Å². The van der Waals surface area contributed by atoms with Gasteiger partial charge in [-0.15, -0.1) is 23.1 Å². The molecule has 1 aliphatic rings. The van der Waals surface area contributed by atoms with E-state index in [9.17, 15) is 9.90 Å². The number of thiophene rings is 1. The molecule has 0 spiro atoms. The molecular weight excluding hydrogens is 452 g/mol. The van der Waals surface area contributed by atoms with Gasteiger partial charge >= 0.3 is 5.97 Å². The Morgan fingerprint density at radius 3 is 3.00 bits per heavy atom. The summed E-state index contributed by atoms with van der Waals surface area (Å²) in [5.74, 6) is 1.95. The number of pyridine rings is 1. The summed E-state index contributed by atoms with van der Waals surface area (Å²) in [5.41, 5.74) is 2.28. The van der Waals surface area contributed by atoms with Crippen molar-refractivity contribution >= 4 is 40.0 Å². The number of aliphatic carboxylic acids is 1. The number of benzene rings is 1. The third kappa shape index (κ3) is 6.71. The summed E-state index contributed by atoms with van der Waals surface area (Å²) < 4.78 is 6.75. The second-order valence-corrected chi connectivity index (χ2v) is 11.1. The summed E-state index contributed by atoms with van der Waals surface area (Å²) in [6.45, 7) is 2.99. The molecule has 0 radical (unpaired) electrons. The van der Waals surface area contributed by atoms with Gasteiger partial charge in [-0.2, -0.15) is 0 Å². The largest absolute Gasteiger partial charge is 0.497 e. The average Bonchev–Trinajstić information content (AvgIpc) is 3.33. The van der Waals surface area contributed by atoms with E-state index in [1.54, 1.807) is 18.4 Å². The Morgan fingerprint density at radius 2 is 2.21 bits per heavy atom. The first-order valence-corrected chi connectivity index (χ1v) is 13.5. The van der Waals surface area contributed by atoms with Crippen LogP contribution >= 0.6 is 23.1 Å². The number of carboxylic acid groups (broad SMARTS) is 1. The second-order valence-electron chi connectivity index (χ2n) is 8.73. The van der Waals surface area contributed by atoms with Crippen LogP contribution in [0, 0.1) is 11.8 Å². The molecule has 0 bridgehead atoms. The summed E-state index contributed by atoms with van der Waals surface area (Å²) in [5, 5.41) is 12.8. The first-order chi connectivity index (χ1) is 16.1. The molecule has 1 fully saturated rings. The summed E-state index contributed by atoms with van der Waals surface area (Å²) in [4.78, 5) is 18.5. The Balaban J connectivity index is 1.31. The molecule has 0 unspecified atom stereocenters. The predicted molar refractivity (Wildman–Crippen MR) is 137 cm³/mol. The molecule has 0 amide bonds. The van der Waals surface area contributed by atoms with Crippen molar-refractivity contribution in [3.63, 3.8) is 0 Å². The number of methoxy groups -OCH3 is 1. The van der Waals surface area contributed by atoms with Crippen LogP contribution in [-0.2, 0) is 11.2 Å². The van der Waals surface area contributed by atoms with Gasteiger partial charge < -0.3 is 14.7 Å². The maximum absolute atomic E-state index is 11.6. The Hall–Kier alpha value is -2.09.